The summed E-state index contributed by atoms with van der Waals surface area (Å²) in [6, 6.07) is 0. The first-order valence-electron chi connectivity index (χ1n) is 5.72. The summed E-state index contributed by atoms with van der Waals surface area (Å²) >= 11 is 2.09. The van der Waals surface area contributed by atoms with Gasteiger partial charge < -0.3 is 11.1 Å². The Morgan fingerprint density at radius 1 is 1.50 bits per heavy atom. The Labute approximate surface area is 92.4 Å². The highest BCUT2D eigenvalue weighted by molar-refractivity contribution is 7.99. The van der Waals surface area contributed by atoms with Crippen molar-refractivity contribution in [3.05, 3.63) is 0 Å². The lowest BCUT2D eigenvalue weighted by Crippen LogP contribution is -2.34. The summed E-state index contributed by atoms with van der Waals surface area (Å²) in [5.74, 6) is 4.96. The Hall–Kier alpha value is 0.270. The molecular weight excluding hydrogens is 192 g/mol. The summed E-state index contributed by atoms with van der Waals surface area (Å²) in [7, 11) is 0. The van der Waals surface area contributed by atoms with E-state index < -0.39 is 0 Å². The van der Waals surface area contributed by atoms with Crippen molar-refractivity contribution in [2.45, 2.75) is 20.3 Å². The van der Waals surface area contributed by atoms with E-state index in [1.807, 2.05) is 0 Å². The Balaban J connectivity index is 2.06. The van der Waals surface area contributed by atoms with E-state index in [1.54, 1.807) is 0 Å². The largest absolute Gasteiger partial charge is 0.330 e. The quantitative estimate of drug-likeness (QED) is 0.707. The highest BCUT2D eigenvalue weighted by Crippen LogP contribution is 2.22. The van der Waals surface area contributed by atoms with Crippen LogP contribution in [0.15, 0.2) is 0 Å². The summed E-state index contributed by atoms with van der Waals surface area (Å²) in [4.78, 5) is 0. The summed E-state index contributed by atoms with van der Waals surface area (Å²) in [5, 5.41) is 3.57. The molecule has 0 aromatic heterocycles. The third kappa shape index (κ3) is 4.20. The second-order valence-corrected chi connectivity index (χ2v) is 5.78. The van der Waals surface area contributed by atoms with Gasteiger partial charge in [-0.15, -0.1) is 0 Å². The van der Waals surface area contributed by atoms with Gasteiger partial charge in [0.1, 0.15) is 0 Å². The van der Waals surface area contributed by atoms with Crippen LogP contribution in [-0.2, 0) is 0 Å². The maximum absolute atomic E-state index is 5.72. The van der Waals surface area contributed by atoms with E-state index in [4.69, 9.17) is 5.73 Å². The third-order valence-corrected chi connectivity index (χ3v) is 4.34. The molecule has 0 aromatic carbocycles. The van der Waals surface area contributed by atoms with E-state index >= 15 is 0 Å². The fraction of sp³-hybridized carbons (Fsp3) is 1.00. The predicted molar refractivity (Wildman–Crippen MR) is 65.7 cm³/mol. The summed E-state index contributed by atoms with van der Waals surface area (Å²) < 4.78 is 0. The number of hydrogen-bond acceptors (Lipinski definition) is 3. The van der Waals surface area contributed by atoms with Gasteiger partial charge >= 0.3 is 0 Å². The van der Waals surface area contributed by atoms with Gasteiger partial charge in [-0.1, -0.05) is 13.8 Å². The van der Waals surface area contributed by atoms with E-state index in [0.29, 0.717) is 11.8 Å². The van der Waals surface area contributed by atoms with E-state index in [0.717, 1.165) is 19.0 Å². The molecule has 3 heteroatoms. The molecule has 1 rings (SSSR count). The minimum absolute atomic E-state index is 0.643. The molecule has 0 aromatic rings. The monoisotopic (exact) mass is 216 g/mol. The number of hydrogen-bond donors (Lipinski definition) is 2. The lowest BCUT2D eigenvalue weighted by Gasteiger charge is -2.20. The molecule has 3 N–H and O–H groups in total. The maximum atomic E-state index is 5.72. The molecule has 0 aliphatic carbocycles. The summed E-state index contributed by atoms with van der Waals surface area (Å²) in [6.07, 6.45) is 1.40. The van der Waals surface area contributed by atoms with Crippen molar-refractivity contribution in [1.29, 1.82) is 0 Å². The van der Waals surface area contributed by atoms with Gasteiger partial charge in [0.05, 0.1) is 0 Å². The lowest BCUT2D eigenvalue weighted by atomic mass is 9.96. The zero-order valence-electron chi connectivity index (χ0n) is 9.46. The number of rotatable bonds is 6. The molecule has 1 aliphatic rings. The van der Waals surface area contributed by atoms with Crippen molar-refractivity contribution in [3.8, 4) is 0 Å². The van der Waals surface area contributed by atoms with Crippen molar-refractivity contribution < 1.29 is 0 Å². The van der Waals surface area contributed by atoms with Crippen LogP contribution in [0.3, 0.4) is 0 Å². The number of nitrogens with one attached hydrogen (secondary N) is 1. The van der Waals surface area contributed by atoms with Crippen molar-refractivity contribution in [1.82, 2.24) is 5.32 Å². The molecular formula is C11H24N2S. The maximum Gasteiger partial charge on any atom is -0.000588 e. The van der Waals surface area contributed by atoms with Crippen LogP contribution in [0.4, 0.5) is 0 Å². The third-order valence-electron chi connectivity index (χ3n) is 3.11. The van der Waals surface area contributed by atoms with E-state index in [9.17, 15) is 0 Å². The second kappa shape index (κ2) is 6.70. The molecule has 2 atom stereocenters. The summed E-state index contributed by atoms with van der Waals surface area (Å²) in [5.41, 5.74) is 5.72. The smallest absolute Gasteiger partial charge is 0.000588 e. The van der Waals surface area contributed by atoms with E-state index in [2.05, 4.69) is 30.9 Å². The SMILES string of the molecule is CC(C)C(CN)CNCC1CCSC1. The van der Waals surface area contributed by atoms with Crippen molar-refractivity contribution in [2.75, 3.05) is 31.1 Å². The normalized spacial score (nSPS) is 24.4. The van der Waals surface area contributed by atoms with Crippen LogP contribution in [0.1, 0.15) is 20.3 Å². The van der Waals surface area contributed by atoms with Gasteiger partial charge in [0, 0.05) is 0 Å². The molecule has 0 spiro atoms. The van der Waals surface area contributed by atoms with Gasteiger partial charge in [-0.25, -0.2) is 0 Å². The lowest BCUT2D eigenvalue weighted by molar-refractivity contribution is 0.360. The summed E-state index contributed by atoms with van der Waals surface area (Å²) in [6.45, 7) is 7.60. The highest BCUT2D eigenvalue weighted by atomic mass is 32.2. The first-order chi connectivity index (χ1) is 6.74. The molecule has 1 saturated heterocycles. The molecule has 2 nitrogen and oxygen atoms in total. The van der Waals surface area contributed by atoms with Gasteiger partial charge in [0.15, 0.2) is 0 Å². The Bertz CT molecular complexity index is 144. The Morgan fingerprint density at radius 3 is 2.79 bits per heavy atom. The topological polar surface area (TPSA) is 38.0 Å². The first kappa shape index (κ1) is 12.3. The highest BCUT2D eigenvalue weighted by Gasteiger charge is 2.16. The minimum Gasteiger partial charge on any atom is -0.330 e. The fourth-order valence-electron chi connectivity index (χ4n) is 1.81. The molecule has 84 valence electrons. The average Bonchev–Trinajstić information content (AvgIpc) is 2.64. The van der Waals surface area contributed by atoms with E-state index in [1.165, 1.54) is 24.5 Å². The van der Waals surface area contributed by atoms with Crippen LogP contribution < -0.4 is 11.1 Å². The molecule has 2 unspecified atom stereocenters. The Kier molecular flexibility index (Phi) is 5.90. The Morgan fingerprint density at radius 2 is 2.29 bits per heavy atom. The van der Waals surface area contributed by atoms with Crippen molar-refractivity contribution >= 4 is 11.8 Å². The van der Waals surface area contributed by atoms with Gasteiger partial charge in [0.25, 0.3) is 0 Å². The van der Waals surface area contributed by atoms with Crippen LogP contribution in [0.25, 0.3) is 0 Å². The molecule has 0 saturated carbocycles. The van der Waals surface area contributed by atoms with Crippen LogP contribution >= 0.6 is 11.8 Å². The fourth-order valence-corrected chi connectivity index (χ4v) is 3.09. The van der Waals surface area contributed by atoms with Crippen LogP contribution in [0.5, 0.6) is 0 Å². The predicted octanol–water partition coefficient (Wildman–Crippen LogP) is 1.56. The molecule has 14 heavy (non-hydrogen) atoms. The van der Waals surface area contributed by atoms with Gasteiger partial charge in [-0.2, -0.15) is 11.8 Å². The molecule has 1 fully saturated rings. The first-order valence-corrected chi connectivity index (χ1v) is 6.88. The van der Waals surface area contributed by atoms with Crippen LogP contribution in [0, 0.1) is 17.8 Å². The van der Waals surface area contributed by atoms with Gasteiger partial charge in [-0.05, 0) is 55.3 Å². The van der Waals surface area contributed by atoms with Gasteiger partial charge in [-0.3, -0.25) is 0 Å². The van der Waals surface area contributed by atoms with Gasteiger partial charge in [0.2, 0.25) is 0 Å². The molecule has 0 bridgehead atoms. The van der Waals surface area contributed by atoms with Crippen LogP contribution in [-0.4, -0.2) is 31.1 Å². The van der Waals surface area contributed by atoms with Crippen molar-refractivity contribution in [3.63, 3.8) is 0 Å². The standard InChI is InChI=1S/C11H24N2S/c1-9(2)11(5-12)7-13-6-10-3-4-14-8-10/h9-11,13H,3-8,12H2,1-2H3. The number of thioether (sulfide) groups is 1. The van der Waals surface area contributed by atoms with Crippen LogP contribution in [0.2, 0.25) is 0 Å². The zero-order valence-corrected chi connectivity index (χ0v) is 10.3. The molecule has 0 radical (unpaired) electrons. The van der Waals surface area contributed by atoms with Crippen molar-refractivity contribution in [2.24, 2.45) is 23.5 Å². The molecule has 1 aliphatic heterocycles. The zero-order chi connectivity index (χ0) is 10.4. The van der Waals surface area contributed by atoms with E-state index in [-0.39, 0.29) is 0 Å². The average molecular weight is 216 g/mol. The molecule has 1 heterocycles. The second-order valence-electron chi connectivity index (χ2n) is 4.63. The minimum atomic E-state index is 0.643. The number of nitrogens with two attached hydrogens (primary N) is 1. The molecule has 0 amide bonds.